The topological polar surface area (TPSA) is 83.3 Å². The van der Waals surface area contributed by atoms with Crippen LogP contribution in [0.2, 0.25) is 0 Å². The Bertz CT molecular complexity index is 1630. The van der Waals surface area contributed by atoms with Crippen molar-refractivity contribution in [2.24, 2.45) is 7.05 Å². The molecule has 11 heteroatoms. The summed E-state index contributed by atoms with van der Waals surface area (Å²) in [6.07, 6.45) is -0.974. The average Bonchev–Trinajstić information content (AvgIpc) is 3.49. The van der Waals surface area contributed by atoms with Gasteiger partial charge in [-0.3, -0.25) is 4.79 Å². The van der Waals surface area contributed by atoms with E-state index in [4.69, 9.17) is 0 Å². The Morgan fingerprint density at radius 2 is 1.83 bits per heavy atom. The monoisotopic (exact) mass is 565 g/mol. The third kappa shape index (κ3) is 5.00. The maximum Gasteiger partial charge on any atom is 0.416 e. The largest absolute Gasteiger partial charge is 0.416 e. The molecule has 1 aliphatic heterocycles. The molecule has 3 aromatic carbocycles. The Kier molecular flexibility index (Phi) is 6.66. The Balaban J connectivity index is 1.42. The third-order valence-corrected chi connectivity index (χ3v) is 7.90. The number of aryl methyl sites for hydroxylation is 1. The number of nitrogens with zero attached hydrogens (tertiary/aromatic N) is 4. The van der Waals surface area contributed by atoms with Crippen LogP contribution in [0.15, 0.2) is 60.9 Å². The maximum absolute atomic E-state index is 14.3. The van der Waals surface area contributed by atoms with Gasteiger partial charge in [-0.05, 0) is 71.8 Å². The van der Waals surface area contributed by atoms with Crippen molar-refractivity contribution in [3.63, 3.8) is 0 Å². The average molecular weight is 566 g/mol. The van der Waals surface area contributed by atoms with E-state index in [-0.39, 0.29) is 30.8 Å². The number of halogens is 4. The van der Waals surface area contributed by atoms with E-state index in [1.54, 1.807) is 41.9 Å². The number of aromatic nitrogens is 3. The second-order valence-electron chi connectivity index (χ2n) is 10.7. The molecule has 0 atom stereocenters. The number of carbonyl (C=O) groups is 1. The number of rotatable bonds is 7. The molecule has 7 nitrogen and oxygen atoms in total. The predicted octanol–water partition coefficient (Wildman–Crippen LogP) is 5.47. The van der Waals surface area contributed by atoms with Crippen LogP contribution >= 0.6 is 0 Å². The number of alkyl halides is 3. The van der Waals surface area contributed by atoms with Gasteiger partial charge in [-0.15, -0.1) is 10.2 Å². The summed E-state index contributed by atoms with van der Waals surface area (Å²) < 4.78 is 58.2. The Labute approximate surface area is 233 Å². The zero-order chi connectivity index (χ0) is 28.9. The van der Waals surface area contributed by atoms with Crippen LogP contribution in [0.3, 0.4) is 0 Å². The fourth-order valence-electron chi connectivity index (χ4n) is 5.60. The number of fused-ring (bicyclic) bond motifs is 1. The van der Waals surface area contributed by atoms with E-state index < -0.39 is 29.1 Å². The van der Waals surface area contributed by atoms with Crippen molar-refractivity contribution < 1.29 is 27.5 Å². The van der Waals surface area contributed by atoms with Gasteiger partial charge < -0.3 is 19.9 Å². The molecule has 0 spiro atoms. The lowest BCUT2D eigenvalue weighted by Crippen LogP contribution is -2.46. The van der Waals surface area contributed by atoms with Gasteiger partial charge in [0.1, 0.15) is 12.1 Å². The lowest BCUT2D eigenvalue weighted by atomic mass is 9.80. The SMILES string of the molecule is Cn1cnnc1-c1c(-c2ccc(F)cc2)cccc1N1Cc2c(cc(CNCC3(O)CCC3)cc2C(F)(F)F)C1=O. The molecular weight excluding hydrogens is 538 g/mol. The van der Waals surface area contributed by atoms with Crippen LogP contribution in [0.4, 0.5) is 23.2 Å². The molecule has 41 heavy (non-hydrogen) atoms. The highest BCUT2D eigenvalue weighted by Crippen LogP contribution is 2.44. The molecule has 1 saturated carbocycles. The molecule has 1 amide bonds. The summed E-state index contributed by atoms with van der Waals surface area (Å²) in [6.45, 7) is 0.0626. The van der Waals surface area contributed by atoms with Crippen LogP contribution < -0.4 is 10.2 Å². The molecule has 0 unspecified atom stereocenters. The summed E-state index contributed by atoms with van der Waals surface area (Å²) >= 11 is 0. The van der Waals surface area contributed by atoms with E-state index in [2.05, 4.69) is 15.5 Å². The van der Waals surface area contributed by atoms with Gasteiger partial charge in [0.2, 0.25) is 0 Å². The fourth-order valence-corrected chi connectivity index (χ4v) is 5.60. The van der Waals surface area contributed by atoms with Crippen molar-refractivity contribution >= 4 is 11.6 Å². The Hall–Kier alpha value is -4.09. The number of amides is 1. The molecule has 212 valence electrons. The van der Waals surface area contributed by atoms with Gasteiger partial charge in [-0.2, -0.15) is 13.2 Å². The van der Waals surface area contributed by atoms with E-state index in [1.807, 2.05) is 0 Å². The van der Waals surface area contributed by atoms with E-state index in [9.17, 15) is 27.5 Å². The molecule has 0 radical (unpaired) electrons. The zero-order valence-electron chi connectivity index (χ0n) is 22.2. The molecule has 4 aromatic rings. The second-order valence-corrected chi connectivity index (χ2v) is 10.7. The van der Waals surface area contributed by atoms with Crippen LogP contribution in [-0.4, -0.2) is 37.9 Å². The van der Waals surface area contributed by atoms with Crippen LogP contribution in [0, 0.1) is 5.82 Å². The van der Waals surface area contributed by atoms with Gasteiger partial charge in [0.25, 0.3) is 5.91 Å². The first kappa shape index (κ1) is 27.1. The number of anilines is 1. The van der Waals surface area contributed by atoms with E-state index in [0.717, 1.165) is 12.5 Å². The van der Waals surface area contributed by atoms with Crippen LogP contribution in [-0.2, 0) is 26.3 Å². The first-order valence-corrected chi connectivity index (χ1v) is 13.3. The minimum Gasteiger partial charge on any atom is -0.389 e. The Morgan fingerprint density at radius 3 is 2.46 bits per heavy atom. The number of carbonyl (C=O) groups excluding carboxylic acids is 1. The van der Waals surface area contributed by atoms with E-state index >= 15 is 0 Å². The van der Waals surface area contributed by atoms with Crippen molar-refractivity contribution in [1.29, 1.82) is 0 Å². The highest BCUT2D eigenvalue weighted by molar-refractivity contribution is 6.13. The molecule has 2 heterocycles. The zero-order valence-corrected chi connectivity index (χ0v) is 22.2. The Morgan fingerprint density at radius 1 is 1.07 bits per heavy atom. The molecule has 6 rings (SSSR count). The molecule has 1 aromatic heterocycles. The molecule has 1 aliphatic carbocycles. The molecule has 2 N–H and O–H groups in total. The lowest BCUT2D eigenvalue weighted by molar-refractivity contribution is -0.138. The molecule has 0 saturated heterocycles. The number of hydrogen-bond donors (Lipinski definition) is 2. The fraction of sp³-hybridized carbons (Fsp3) is 0.300. The highest BCUT2D eigenvalue weighted by Gasteiger charge is 2.41. The normalized spacial score (nSPS) is 16.1. The van der Waals surface area contributed by atoms with E-state index in [0.29, 0.717) is 46.6 Å². The smallest absolute Gasteiger partial charge is 0.389 e. The van der Waals surface area contributed by atoms with Gasteiger partial charge >= 0.3 is 6.18 Å². The van der Waals surface area contributed by atoms with Crippen LogP contribution in [0.5, 0.6) is 0 Å². The number of nitrogens with one attached hydrogen (secondary N) is 1. The van der Waals surface area contributed by atoms with E-state index in [1.165, 1.54) is 29.4 Å². The van der Waals surface area contributed by atoms with Crippen molar-refractivity contribution in [1.82, 2.24) is 20.1 Å². The van der Waals surface area contributed by atoms with Gasteiger partial charge in [0.05, 0.1) is 29.0 Å². The van der Waals surface area contributed by atoms with Crippen molar-refractivity contribution in [3.8, 4) is 22.5 Å². The quantitative estimate of drug-likeness (QED) is 0.291. The van der Waals surface area contributed by atoms with Crippen LogP contribution in [0.1, 0.15) is 46.3 Å². The third-order valence-electron chi connectivity index (χ3n) is 7.90. The highest BCUT2D eigenvalue weighted by atomic mass is 19.4. The number of hydrogen-bond acceptors (Lipinski definition) is 5. The molecule has 2 aliphatic rings. The molecular formula is C30H27F4N5O2. The van der Waals surface area contributed by atoms with Crippen molar-refractivity contribution in [2.75, 3.05) is 11.4 Å². The maximum atomic E-state index is 14.3. The first-order valence-electron chi connectivity index (χ1n) is 13.3. The standard InChI is InChI=1S/C30H27F4N5O2/c1-38-17-36-37-27(38)26-21(19-6-8-20(31)9-7-19)4-2-5-25(26)39-15-23-22(28(39)40)12-18(13-24(23)30(32,33)34)14-35-16-29(41)10-3-11-29/h2,4-9,12-13,17,35,41H,3,10-11,14-16H2,1H3. The van der Waals surface area contributed by atoms with Crippen LogP contribution in [0.25, 0.3) is 22.5 Å². The van der Waals surface area contributed by atoms with Crippen molar-refractivity contribution in [2.45, 2.75) is 44.1 Å². The lowest BCUT2D eigenvalue weighted by Gasteiger charge is -2.36. The van der Waals surface area contributed by atoms with Crippen molar-refractivity contribution in [3.05, 3.63) is 89.0 Å². The predicted molar refractivity (Wildman–Crippen MR) is 144 cm³/mol. The summed E-state index contributed by atoms with van der Waals surface area (Å²) in [5.41, 5.74) is 0.624. The number of benzene rings is 3. The summed E-state index contributed by atoms with van der Waals surface area (Å²) in [5, 5.41) is 21.6. The van der Waals surface area contributed by atoms with Gasteiger partial charge in [0.15, 0.2) is 5.82 Å². The van der Waals surface area contributed by atoms with Gasteiger partial charge in [0, 0.05) is 25.7 Å². The first-order chi connectivity index (χ1) is 19.5. The molecule has 0 bridgehead atoms. The summed E-state index contributed by atoms with van der Waals surface area (Å²) in [5.74, 6) is -0.578. The summed E-state index contributed by atoms with van der Waals surface area (Å²) in [4.78, 5) is 15.1. The number of aliphatic hydroxyl groups is 1. The minimum absolute atomic E-state index is 0.0184. The summed E-state index contributed by atoms with van der Waals surface area (Å²) in [7, 11) is 1.72. The van der Waals surface area contributed by atoms with Gasteiger partial charge in [-0.25, -0.2) is 4.39 Å². The second kappa shape index (κ2) is 10.1. The molecule has 1 fully saturated rings. The minimum atomic E-state index is -4.68. The van der Waals surface area contributed by atoms with Gasteiger partial charge in [-0.1, -0.05) is 24.3 Å². The summed E-state index contributed by atoms with van der Waals surface area (Å²) in [6, 6.07) is 13.5.